The van der Waals surface area contributed by atoms with Crippen LogP contribution in [-0.4, -0.2) is 19.3 Å². The lowest BCUT2D eigenvalue weighted by Crippen LogP contribution is -2.42. The van der Waals surface area contributed by atoms with Crippen LogP contribution in [0.1, 0.15) is 38.7 Å². The quantitative estimate of drug-likeness (QED) is 0.887. The van der Waals surface area contributed by atoms with Crippen molar-refractivity contribution in [1.82, 2.24) is 0 Å². The molecule has 1 aliphatic rings. The van der Waals surface area contributed by atoms with E-state index in [9.17, 15) is 0 Å². The van der Waals surface area contributed by atoms with Gasteiger partial charge in [0.05, 0.1) is 6.10 Å². The van der Waals surface area contributed by atoms with Crippen LogP contribution in [0.15, 0.2) is 30.3 Å². The van der Waals surface area contributed by atoms with Crippen LogP contribution in [0.25, 0.3) is 0 Å². The molecule has 0 aliphatic carbocycles. The average molecular weight is 247 g/mol. The lowest BCUT2D eigenvalue weighted by molar-refractivity contribution is -0.0465. The van der Waals surface area contributed by atoms with Crippen LogP contribution in [0.2, 0.25) is 0 Å². The monoisotopic (exact) mass is 247 g/mol. The van der Waals surface area contributed by atoms with Crippen LogP contribution in [0, 0.1) is 5.92 Å². The largest absolute Gasteiger partial charge is 0.378 e. The predicted molar refractivity (Wildman–Crippen MR) is 75.6 cm³/mol. The van der Waals surface area contributed by atoms with Gasteiger partial charge in [0.25, 0.3) is 0 Å². The Bertz CT molecular complexity index is 359. The standard InChI is InChI=1S/C16H25NO/c1-13(2)15-12-16(8-10-17,9-11-18-15)14-6-4-3-5-7-14/h3-7,13,15H,8-12,17H2,1-2H3/t15-,16+/m0/s1. The van der Waals surface area contributed by atoms with Gasteiger partial charge in [-0.3, -0.25) is 0 Å². The highest BCUT2D eigenvalue weighted by Gasteiger charge is 2.38. The van der Waals surface area contributed by atoms with Gasteiger partial charge in [0.1, 0.15) is 0 Å². The van der Waals surface area contributed by atoms with E-state index in [-0.39, 0.29) is 5.41 Å². The lowest BCUT2D eigenvalue weighted by atomic mass is 9.69. The van der Waals surface area contributed by atoms with Gasteiger partial charge in [0.2, 0.25) is 0 Å². The molecule has 0 radical (unpaired) electrons. The molecule has 1 saturated heterocycles. The average Bonchev–Trinajstić information content (AvgIpc) is 2.40. The van der Waals surface area contributed by atoms with Crippen molar-refractivity contribution in [2.45, 2.75) is 44.6 Å². The van der Waals surface area contributed by atoms with Gasteiger partial charge in [-0.15, -0.1) is 0 Å². The Morgan fingerprint density at radius 1 is 1.33 bits per heavy atom. The highest BCUT2D eigenvalue weighted by molar-refractivity contribution is 5.26. The molecule has 2 rings (SSSR count). The van der Waals surface area contributed by atoms with Crippen LogP contribution in [-0.2, 0) is 10.2 Å². The third-order valence-corrected chi connectivity index (χ3v) is 4.26. The number of ether oxygens (including phenoxy) is 1. The maximum Gasteiger partial charge on any atom is 0.0606 e. The summed E-state index contributed by atoms with van der Waals surface area (Å²) in [4.78, 5) is 0. The van der Waals surface area contributed by atoms with Crippen LogP contribution >= 0.6 is 0 Å². The molecular formula is C16H25NO. The van der Waals surface area contributed by atoms with Crippen molar-refractivity contribution in [2.24, 2.45) is 11.7 Å². The summed E-state index contributed by atoms with van der Waals surface area (Å²) in [6.45, 7) is 6.10. The Morgan fingerprint density at radius 3 is 2.67 bits per heavy atom. The summed E-state index contributed by atoms with van der Waals surface area (Å²) >= 11 is 0. The Morgan fingerprint density at radius 2 is 2.06 bits per heavy atom. The summed E-state index contributed by atoms with van der Waals surface area (Å²) in [6.07, 6.45) is 3.62. The van der Waals surface area contributed by atoms with Gasteiger partial charge < -0.3 is 10.5 Å². The summed E-state index contributed by atoms with van der Waals surface area (Å²) in [5, 5.41) is 0. The van der Waals surface area contributed by atoms with Crippen LogP contribution in [0.4, 0.5) is 0 Å². The van der Waals surface area contributed by atoms with E-state index in [0.717, 1.165) is 32.4 Å². The molecule has 1 fully saturated rings. The Hall–Kier alpha value is -0.860. The fraction of sp³-hybridized carbons (Fsp3) is 0.625. The highest BCUT2D eigenvalue weighted by atomic mass is 16.5. The molecule has 1 aliphatic heterocycles. The van der Waals surface area contributed by atoms with Gasteiger partial charge in [-0.05, 0) is 37.3 Å². The van der Waals surface area contributed by atoms with Crippen molar-refractivity contribution in [3.63, 3.8) is 0 Å². The first-order chi connectivity index (χ1) is 8.68. The number of benzene rings is 1. The van der Waals surface area contributed by atoms with E-state index in [1.54, 1.807) is 0 Å². The molecule has 0 saturated carbocycles. The second kappa shape index (κ2) is 5.85. The second-order valence-corrected chi connectivity index (χ2v) is 5.79. The Kier molecular flexibility index (Phi) is 4.41. The molecule has 2 N–H and O–H groups in total. The SMILES string of the molecule is CC(C)[C@@H]1C[C@](CCN)(c2ccccc2)CCO1. The summed E-state index contributed by atoms with van der Waals surface area (Å²) in [5.74, 6) is 0.575. The smallest absolute Gasteiger partial charge is 0.0606 e. The van der Waals surface area contributed by atoms with E-state index < -0.39 is 0 Å². The molecule has 1 heterocycles. The third kappa shape index (κ3) is 2.76. The van der Waals surface area contributed by atoms with E-state index in [1.807, 2.05) is 0 Å². The third-order valence-electron chi connectivity index (χ3n) is 4.26. The Labute approximate surface area is 111 Å². The molecule has 1 aromatic rings. The molecule has 1 aromatic carbocycles. The van der Waals surface area contributed by atoms with Gasteiger partial charge >= 0.3 is 0 Å². The maximum atomic E-state index is 5.92. The van der Waals surface area contributed by atoms with Crippen LogP contribution in [0.5, 0.6) is 0 Å². The molecule has 2 heteroatoms. The van der Waals surface area contributed by atoms with Crippen LogP contribution in [0.3, 0.4) is 0 Å². The normalized spacial score (nSPS) is 28.6. The minimum absolute atomic E-state index is 0.225. The van der Waals surface area contributed by atoms with Gasteiger partial charge in [-0.25, -0.2) is 0 Å². The van der Waals surface area contributed by atoms with Crippen molar-refractivity contribution < 1.29 is 4.74 Å². The van der Waals surface area contributed by atoms with Crippen molar-refractivity contribution >= 4 is 0 Å². The van der Waals surface area contributed by atoms with Crippen molar-refractivity contribution in [3.8, 4) is 0 Å². The molecule has 0 aromatic heterocycles. The molecule has 2 atom stereocenters. The number of nitrogens with two attached hydrogens (primary N) is 1. The van der Waals surface area contributed by atoms with E-state index in [2.05, 4.69) is 44.2 Å². The van der Waals surface area contributed by atoms with E-state index in [1.165, 1.54) is 5.56 Å². The molecule has 0 amide bonds. The fourth-order valence-corrected chi connectivity index (χ4v) is 3.08. The van der Waals surface area contributed by atoms with E-state index >= 15 is 0 Å². The zero-order chi connectivity index (χ0) is 13.0. The van der Waals surface area contributed by atoms with Gasteiger partial charge in [-0.2, -0.15) is 0 Å². The second-order valence-electron chi connectivity index (χ2n) is 5.79. The maximum absolute atomic E-state index is 5.92. The van der Waals surface area contributed by atoms with Gasteiger partial charge in [0.15, 0.2) is 0 Å². The molecule has 18 heavy (non-hydrogen) atoms. The minimum Gasteiger partial charge on any atom is -0.378 e. The first-order valence-corrected chi connectivity index (χ1v) is 7.05. The molecule has 0 spiro atoms. The first kappa shape index (κ1) is 13.6. The number of rotatable bonds is 4. The van der Waals surface area contributed by atoms with Crippen molar-refractivity contribution in [2.75, 3.05) is 13.2 Å². The fourth-order valence-electron chi connectivity index (χ4n) is 3.08. The first-order valence-electron chi connectivity index (χ1n) is 7.05. The minimum atomic E-state index is 0.225. The zero-order valence-corrected chi connectivity index (χ0v) is 11.6. The zero-order valence-electron chi connectivity index (χ0n) is 11.6. The Balaban J connectivity index is 2.26. The number of hydrogen-bond donors (Lipinski definition) is 1. The summed E-state index contributed by atoms with van der Waals surface area (Å²) < 4.78 is 5.92. The highest BCUT2D eigenvalue weighted by Crippen LogP contribution is 2.41. The van der Waals surface area contributed by atoms with Crippen molar-refractivity contribution in [1.29, 1.82) is 0 Å². The van der Waals surface area contributed by atoms with E-state index in [4.69, 9.17) is 10.5 Å². The van der Waals surface area contributed by atoms with Crippen LogP contribution < -0.4 is 5.73 Å². The molecule has 100 valence electrons. The molecule has 0 bridgehead atoms. The summed E-state index contributed by atoms with van der Waals surface area (Å²) in [7, 11) is 0. The molecule has 0 unspecified atom stereocenters. The predicted octanol–water partition coefficient (Wildman–Crippen LogP) is 3.11. The topological polar surface area (TPSA) is 35.2 Å². The van der Waals surface area contributed by atoms with Crippen molar-refractivity contribution in [3.05, 3.63) is 35.9 Å². The van der Waals surface area contributed by atoms with Gasteiger partial charge in [0, 0.05) is 12.0 Å². The molecule has 2 nitrogen and oxygen atoms in total. The van der Waals surface area contributed by atoms with E-state index in [0.29, 0.717) is 12.0 Å². The van der Waals surface area contributed by atoms with Gasteiger partial charge in [-0.1, -0.05) is 44.2 Å². The lowest BCUT2D eigenvalue weighted by Gasteiger charge is -2.43. The number of hydrogen-bond acceptors (Lipinski definition) is 2. The summed E-state index contributed by atoms with van der Waals surface area (Å²) in [5.41, 5.74) is 7.52. The summed E-state index contributed by atoms with van der Waals surface area (Å²) in [6, 6.07) is 10.8. The molecular weight excluding hydrogens is 222 g/mol.